The SMILES string of the molecule is CCN1c2ccc(C)cc2C2C=C(C)C=C(C#CC3=CC(C(C)(C)C)=CC4C3Nc3c(C#CC5=CC(C)=CC6c7cc(C)ccc7N(CC)C56)cc(C(C)(C)C)cc3C4(C)C)C21. The summed E-state index contributed by atoms with van der Waals surface area (Å²) in [4.78, 5) is 5.14. The third-order valence-electron chi connectivity index (χ3n) is 14.8. The molecule has 3 heterocycles. The van der Waals surface area contributed by atoms with Crippen molar-refractivity contribution >= 4 is 17.1 Å². The summed E-state index contributed by atoms with van der Waals surface area (Å²) in [5.74, 6) is 16.3. The molecule has 3 aromatic carbocycles. The molecular weight excluding hydrogens is 751 g/mol. The minimum absolute atomic E-state index is 0.00562. The van der Waals surface area contributed by atoms with Crippen LogP contribution in [0.25, 0.3) is 0 Å². The van der Waals surface area contributed by atoms with Gasteiger partial charge in [0.25, 0.3) is 0 Å². The minimum Gasteiger partial charge on any atom is -0.376 e. The maximum atomic E-state index is 4.19. The number of likely N-dealkylation sites (N-methyl/N-ethyl adjacent to an activating group) is 2. The second kappa shape index (κ2) is 14.9. The van der Waals surface area contributed by atoms with Crippen LogP contribution >= 0.6 is 0 Å². The van der Waals surface area contributed by atoms with Crippen LogP contribution in [0, 0.1) is 48.9 Å². The first-order valence-electron chi connectivity index (χ1n) is 23.3. The first-order chi connectivity index (χ1) is 29.3. The molecule has 6 atom stereocenters. The van der Waals surface area contributed by atoms with E-state index in [2.05, 4.69) is 221 Å². The summed E-state index contributed by atoms with van der Waals surface area (Å²) in [5, 5.41) is 4.19. The summed E-state index contributed by atoms with van der Waals surface area (Å²) in [6.07, 6.45) is 14.6. The predicted molar refractivity (Wildman–Crippen MR) is 264 cm³/mol. The molecule has 6 aliphatic rings. The molecule has 0 amide bonds. The van der Waals surface area contributed by atoms with Gasteiger partial charge in [0, 0.05) is 69.9 Å². The Morgan fingerprint density at radius 1 is 0.613 bits per heavy atom. The third kappa shape index (κ3) is 6.92. The number of fused-ring (bicyclic) bond motifs is 8. The Labute approximate surface area is 373 Å². The maximum Gasteiger partial charge on any atom is 0.0725 e. The number of hydrogen-bond donors (Lipinski definition) is 1. The fraction of sp³-hybridized carbons (Fsp3) is 0.424. The van der Waals surface area contributed by atoms with Crippen molar-refractivity contribution < 1.29 is 0 Å². The maximum absolute atomic E-state index is 4.19. The van der Waals surface area contributed by atoms with E-state index in [4.69, 9.17) is 0 Å². The number of allylic oxidation sites excluding steroid dienone is 6. The fourth-order valence-corrected chi connectivity index (χ4v) is 11.4. The monoisotopic (exact) mass is 818 g/mol. The van der Waals surface area contributed by atoms with Crippen molar-refractivity contribution in [1.29, 1.82) is 0 Å². The molecule has 0 bridgehead atoms. The molecule has 1 N–H and O–H groups in total. The quantitative estimate of drug-likeness (QED) is 0.260. The Hall–Kier alpha value is -5.38. The van der Waals surface area contributed by atoms with Crippen LogP contribution in [-0.2, 0) is 10.8 Å². The van der Waals surface area contributed by atoms with Crippen LogP contribution in [0.3, 0.4) is 0 Å². The van der Waals surface area contributed by atoms with Crippen LogP contribution in [0.4, 0.5) is 17.1 Å². The van der Waals surface area contributed by atoms with Crippen LogP contribution in [-0.4, -0.2) is 31.2 Å². The van der Waals surface area contributed by atoms with Gasteiger partial charge in [-0.15, -0.1) is 0 Å². The summed E-state index contributed by atoms with van der Waals surface area (Å²) < 4.78 is 0. The second-order valence-corrected chi connectivity index (χ2v) is 21.7. The topological polar surface area (TPSA) is 18.5 Å². The molecule has 0 spiro atoms. The summed E-state index contributed by atoms with van der Waals surface area (Å²) in [5.41, 5.74) is 20.3. The molecule has 0 saturated carbocycles. The van der Waals surface area contributed by atoms with Gasteiger partial charge in [-0.3, -0.25) is 0 Å². The number of benzene rings is 3. The molecule has 318 valence electrons. The molecule has 3 nitrogen and oxygen atoms in total. The smallest absolute Gasteiger partial charge is 0.0725 e. The van der Waals surface area contributed by atoms with E-state index in [1.165, 1.54) is 72.6 Å². The second-order valence-electron chi connectivity index (χ2n) is 21.7. The van der Waals surface area contributed by atoms with Gasteiger partial charge in [-0.25, -0.2) is 0 Å². The molecule has 0 saturated heterocycles. The van der Waals surface area contributed by atoms with Crippen LogP contribution in [0.1, 0.15) is 134 Å². The highest BCUT2D eigenvalue weighted by Crippen LogP contribution is 2.52. The van der Waals surface area contributed by atoms with Crippen molar-refractivity contribution in [3.05, 3.63) is 157 Å². The lowest BCUT2D eigenvalue weighted by Crippen LogP contribution is -2.48. The van der Waals surface area contributed by atoms with Crippen molar-refractivity contribution in [2.45, 2.75) is 138 Å². The highest BCUT2D eigenvalue weighted by molar-refractivity contribution is 5.76. The number of nitrogens with zero attached hydrogens (tertiary/aromatic N) is 2. The summed E-state index contributed by atoms with van der Waals surface area (Å²) in [6.45, 7) is 34.3. The van der Waals surface area contributed by atoms with Crippen molar-refractivity contribution in [3.8, 4) is 23.7 Å². The number of hydrogen-bond acceptors (Lipinski definition) is 3. The van der Waals surface area contributed by atoms with Crippen molar-refractivity contribution in [3.63, 3.8) is 0 Å². The Morgan fingerprint density at radius 3 is 1.63 bits per heavy atom. The van der Waals surface area contributed by atoms with Gasteiger partial charge < -0.3 is 15.1 Å². The number of nitrogens with one attached hydrogen (secondary N) is 1. The molecule has 6 unspecified atom stereocenters. The molecule has 3 aliphatic carbocycles. The fourth-order valence-electron chi connectivity index (χ4n) is 11.4. The number of aryl methyl sites for hydroxylation is 2. The third-order valence-corrected chi connectivity index (χ3v) is 14.8. The van der Waals surface area contributed by atoms with Crippen LogP contribution in [0.5, 0.6) is 0 Å². The van der Waals surface area contributed by atoms with Gasteiger partial charge in [-0.05, 0) is 117 Å². The Morgan fingerprint density at radius 2 is 1.13 bits per heavy atom. The number of rotatable bonds is 2. The van der Waals surface area contributed by atoms with Gasteiger partial charge in [-0.1, -0.05) is 150 Å². The van der Waals surface area contributed by atoms with Gasteiger partial charge >= 0.3 is 0 Å². The first kappa shape index (κ1) is 41.9. The lowest BCUT2D eigenvalue weighted by molar-refractivity contribution is 0.336. The Bertz CT molecular complexity index is 2720. The highest BCUT2D eigenvalue weighted by atomic mass is 15.2. The van der Waals surface area contributed by atoms with Crippen molar-refractivity contribution in [2.24, 2.45) is 11.3 Å². The summed E-state index contributed by atoms with van der Waals surface area (Å²) in [7, 11) is 0. The minimum atomic E-state index is -0.197. The normalized spacial score (nSPS) is 25.3. The van der Waals surface area contributed by atoms with E-state index in [1.807, 2.05) is 0 Å². The zero-order chi connectivity index (χ0) is 44.2. The van der Waals surface area contributed by atoms with Crippen molar-refractivity contribution in [1.82, 2.24) is 0 Å². The Kier molecular flexibility index (Phi) is 10.1. The van der Waals surface area contributed by atoms with Crippen LogP contribution in [0.2, 0.25) is 0 Å². The van der Waals surface area contributed by atoms with Gasteiger partial charge in [0.15, 0.2) is 0 Å². The summed E-state index contributed by atoms with van der Waals surface area (Å²) in [6, 6.07) is 19.2. The molecule has 9 rings (SSSR count). The van der Waals surface area contributed by atoms with Crippen molar-refractivity contribution in [2.75, 3.05) is 28.2 Å². The largest absolute Gasteiger partial charge is 0.376 e. The van der Waals surface area contributed by atoms with Gasteiger partial charge in [-0.2, -0.15) is 0 Å². The lowest BCUT2D eigenvalue weighted by Gasteiger charge is -2.48. The highest BCUT2D eigenvalue weighted by Gasteiger charge is 2.47. The van der Waals surface area contributed by atoms with E-state index < -0.39 is 0 Å². The zero-order valence-electron chi connectivity index (χ0n) is 39.9. The molecule has 3 aromatic rings. The van der Waals surface area contributed by atoms with Gasteiger partial charge in [0.05, 0.1) is 23.8 Å². The van der Waals surface area contributed by atoms with Gasteiger partial charge in [0.1, 0.15) is 0 Å². The molecular formula is C59H67N3. The van der Waals surface area contributed by atoms with Gasteiger partial charge in [0.2, 0.25) is 0 Å². The molecule has 3 aliphatic heterocycles. The molecule has 0 fully saturated rings. The van der Waals surface area contributed by atoms with Crippen LogP contribution in [0.15, 0.2) is 118 Å². The number of anilines is 3. The molecule has 3 heteroatoms. The van der Waals surface area contributed by atoms with E-state index in [0.717, 1.165) is 29.9 Å². The average Bonchev–Trinajstić information content (AvgIpc) is 3.68. The summed E-state index contributed by atoms with van der Waals surface area (Å²) >= 11 is 0. The molecule has 62 heavy (non-hydrogen) atoms. The van der Waals surface area contributed by atoms with Crippen LogP contribution < -0.4 is 15.1 Å². The Balaban J connectivity index is 1.15. The standard InChI is InChI=1S/C59H67N3/c1-15-61-51-23-17-35(3)27-45(51)47-29-37(5)25-41(55(47)61)21-19-39-31-43(57(7,8)9)33-49-53(39)60-54-40(32-44(58(10,11)12)34-50(54)59(49,13)14)20-22-42-26-38(6)30-48-46-28-36(4)18-24-52(46)62(16-2)56(42)48/h17-18,23-34,47-49,53,55-56,60H,15-16H2,1-14H3. The van der Waals surface area contributed by atoms with E-state index in [1.54, 1.807) is 0 Å². The van der Waals surface area contributed by atoms with E-state index >= 15 is 0 Å². The lowest BCUT2D eigenvalue weighted by atomic mass is 9.61. The zero-order valence-corrected chi connectivity index (χ0v) is 39.9. The van der Waals surface area contributed by atoms with E-state index in [9.17, 15) is 0 Å². The average molecular weight is 818 g/mol. The molecule has 0 aromatic heterocycles. The van der Waals surface area contributed by atoms with E-state index in [-0.39, 0.29) is 40.3 Å². The first-order valence-corrected chi connectivity index (χ1v) is 23.3. The predicted octanol–water partition coefficient (Wildman–Crippen LogP) is 13.3. The molecule has 0 radical (unpaired) electrons. The van der Waals surface area contributed by atoms with E-state index in [0.29, 0.717) is 11.8 Å².